The molecule has 2 aromatic rings. The van der Waals surface area contributed by atoms with Crippen molar-refractivity contribution in [3.05, 3.63) is 52.8 Å². The highest BCUT2D eigenvalue weighted by atomic mass is 16.3. The monoisotopic (exact) mass is 286 g/mol. The summed E-state index contributed by atoms with van der Waals surface area (Å²) in [7, 11) is 0. The van der Waals surface area contributed by atoms with Crippen molar-refractivity contribution < 1.29 is 5.11 Å². The summed E-state index contributed by atoms with van der Waals surface area (Å²) < 4.78 is 1.96. The van der Waals surface area contributed by atoms with Crippen molar-refractivity contribution in [2.45, 2.75) is 53.2 Å². The van der Waals surface area contributed by atoms with Crippen molar-refractivity contribution in [3.8, 4) is 0 Å². The van der Waals surface area contributed by atoms with E-state index in [4.69, 9.17) is 0 Å². The SMILES string of the molecule is CCn1nc(C)cc1CC(O)c1ccc(CC(C)C)cc1. The molecule has 0 bridgehead atoms. The van der Waals surface area contributed by atoms with E-state index in [-0.39, 0.29) is 0 Å². The third-order valence-electron chi connectivity index (χ3n) is 3.70. The lowest BCUT2D eigenvalue weighted by atomic mass is 9.99. The summed E-state index contributed by atoms with van der Waals surface area (Å²) >= 11 is 0. The van der Waals surface area contributed by atoms with Crippen molar-refractivity contribution in [1.29, 1.82) is 0 Å². The molecule has 1 unspecified atom stereocenters. The zero-order valence-corrected chi connectivity index (χ0v) is 13.5. The maximum atomic E-state index is 10.4. The van der Waals surface area contributed by atoms with Gasteiger partial charge in [-0.2, -0.15) is 5.10 Å². The molecule has 2 rings (SSSR count). The second-order valence-electron chi connectivity index (χ2n) is 6.15. The summed E-state index contributed by atoms with van der Waals surface area (Å²) in [5, 5.41) is 14.9. The Morgan fingerprint density at radius 2 is 1.81 bits per heavy atom. The molecular weight excluding hydrogens is 260 g/mol. The highest BCUT2D eigenvalue weighted by Gasteiger charge is 2.13. The molecule has 3 nitrogen and oxygen atoms in total. The van der Waals surface area contributed by atoms with Crippen molar-refractivity contribution in [2.75, 3.05) is 0 Å². The molecule has 0 amide bonds. The number of aryl methyl sites for hydroxylation is 2. The number of hydrogen-bond acceptors (Lipinski definition) is 2. The lowest BCUT2D eigenvalue weighted by Gasteiger charge is -2.13. The molecule has 114 valence electrons. The van der Waals surface area contributed by atoms with E-state index in [1.807, 2.05) is 23.7 Å². The quantitative estimate of drug-likeness (QED) is 0.879. The average molecular weight is 286 g/mol. The molecule has 1 atom stereocenters. The molecule has 0 spiro atoms. The van der Waals surface area contributed by atoms with Crippen LogP contribution < -0.4 is 0 Å². The fourth-order valence-corrected chi connectivity index (χ4v) is 2.70. The van der Waals surface area contributed by atoms with E-state index in [2.05, 4.69) is 44.1 Å². The Morgan fingerprint density at radius 1 is 1.14 bits per heavy atom. The van der Waals surface area contributed by atoms with Crippen LogP contribution in [0.5, 0.6) is 0 Å². The molecular formula is C18H26N2O. The summed E-state index contributed by atoms with van der Waals surface area (Å²) in [6, 6.07) is 10.4. The van der Waals surface area contributed by atoms with Gasteiger partial charge >= 0.3 is 0 Å². The minimum atomic E-state index is -0.473. The average Bonchev–Trinajstić information content (AvgIpc) is 2.78. The fraction of sp³-hybridized carbons (Fsp3) is 0.500. The van der Waals surface area contributed by atoms with E-state index in [9.17, 15) is 5.11 Å². The van der Waals surface area contributed by atoms with E-state index in [1.54, 1.807) is 0 Å². The molecule has 0 aliphatic carbocycles. The van der Waals surface area contributed by atoms with E-state index < -0.39 is 6.10 Å². The minimum Gasteiger partial charge on any atom is -0.388 e. The van der Waals surface area contributed by atoms with Crippen LogP contribution in [-0.4, -0.2) is 14.9 Å². The second kappa shape index (κ2) is 6.90. The van der Waals surface area contributed by atoms with Crippen LogP contribution >= 0.6 is 0 Å². The number of aliphatic hydroxyl groups is 1. The van der Waals surface area contributed by atoms with Crippen LogP contribution in [0.2, 0.25) is 0 Å². The normalized spacial score (nSPS) is 12.9. The van der Waals surface area contributed by atoms with Crippen LogP contribution in [0.4, 0.5) is 0 Å². The molecule has 1 aromatic carbocycles. The first kappa shape index (κ1) is 15.8. The molecule has 1 N–H and O–H groups in total. The van der Waals surface area contributed by atoms with E-state index in [0.29, 0.717) is 12.3 Å². The smallest absolute Gasteiger partial charge is 0.0845 e. The molecule has 0 radical (unpaired) electrons. The first-order valence-electron chi connectivity index (χ1n) is 7.79. The van der Waals surface area contributed by atoms with Gasteiger partial charge in [0.25, 0.3) is 0 Å². The molecule has 0 aliphatic heterocycles. The zero-order valence-electron chi connectivity index (χ0n) is 13.5. The van der Waals surface area contributed by atoms with Gasteiger partial charge in [0.2, 0.25) is 0 Å². The van der Waals surface area contributed by atoms with Crippen LogP contribution in [0, 0.1) is 12.8 Å². The van der Waals surface area contributed by atoms with Gasteiger partial charge in [-0.1, -0.05) is 38.1 Å². The lowest BCUT2D eigenvalue weighted by Crippen LogP contribution is -2.08. The summed E-state index contributed by atoms with van der Waals surface area (Å²) in [5.74, 6) is 0.655. The van der Waals surface area contributed by atoms with E-state index >= 15 is 0 Å². The van der Waals surface area contributed by atoms with Gasteiger partial charge in [-0.3, -0.25) is 4.68 Å². The molecule has 0 saturated heterocycles. The summed E-state index contributed by atoms with van der Waals surface area (Å²) in [4.78, 5) is 0. The molecule has 0 saturated carbocycles. The van der Waals surface area contributed by atoms with Crippen molar-refractivity contribution >= 4 is 0 Å². The van der Waals surface area contributed by atoms with Gasteiger partial charge in [-0.05, 0) is 43.4 Å². The van der Waals surface area contributed by atoms with Crippen LogP contribution in [0.3, 0.4) is 0 Å². The number of aromatic nitrogens is 2. The Morgan fingerprint density at radius 3 is 2.38 bits per heavy atom. The number of aliphatic hydroxyl groups excluding tert-OH is 1. The van der Waals surface area contributed by atoms with Gasteiger partial charge in [-0.15, -0.1) is 0 Å². The summed E-state index contributed by atoms with van der Waals surface area (Å²) in [6.07, 6.45) is 1.22. The number of nitrogens with zero attached hydrogens (tertiary/aromatic N) is 2. The van der Waals surface area contributed by atoms with Crippen molar-refractivity contribution in [2.24, 2.45) is 5.92 Å². The van der Waals surface area contributed by atoms with E-state index in [1.165, 1.54) is 5.56 Å². The summed E-state index contributed by atoms with van der Waals surface area (Å²) in [5.41, 5.74) is 4.40. The van der Waals surface area contributed by atoms with Crippen molar-refractivity contribution in [3.63, 3.8) is 0 Å². The fourth-order valence-electron chi connectivity index (χ4n) is 2.70. The van der Waals surface area contributed by atoms with Gasteiger partial charge in [0.15, 0.2) is 0 Å². The predicted molar refractivity (Wildman–Crippen MR) is 86.3 cm³/mol. The first-order valence-corrected chi connectivity index (χ1v) is 7.79. The molecule has 0 aliphatic rings. The topological polar surface area (TPSA) is 38.0 Å². The van der Waals surface area contributed by atoms with Crippen LogP contribution in [0.1, 0.15) is 49.4 Å². The predicted octanol–water partition coefficient (Wildman–Crippen LogP) is 3.69. The Hall–Kier alpha value is -1.61. The highest BCUT2D eigenvalue weighted by Crippen LogP contribution is 2.20. The van der Waals surface area contributed by atoms with Gasteiger partial charge in [0.05, 0.1) is 11.8 Å². The van der Waals surface area contributed by atoms with Crippen LogP contribution in [0.25, 0.3) is 0 Å². The minimum absolute atomic E-state index is 0.473. The number of hydrogen-bond donors (Lipinski definition) is 1. The van der Waals surface area contributed by atoms with Crippen molar-refractivity contribution in [1.82, 2.24) is 9.78 Å². The number of rotatable bonds is 6. The van der Waals surface area contributed by atoms with Gasteiger partial charge in [0.1, 0.15) is 0 Å². The molecule has 0 fully saturated rings. The lowest BCUT2D eigenvalue weighted by molar-refractivity contribution is 0.175. The number of benzene rings is 1. The second-order valence-corrected chi connectivity index (χ2v) is 6.15. The zero-order chi connectivity index (χ0) is 15.4. The molecule has 3 heteroatoms. The maximum Gasteiger partial charge on any atom is 0.0845 e. The third kappa shape index (κ3) is 4.18. The Kier molecular flexibility index (Phi) is 5.18. The Balaban J connectivity index is 2.07. The van der Waals surface area contributed by atoms with Gasteiger partial charge in [-0.25, -0.2) is 0 Å². The maximum absolute atomic E-state index is 10.4. The Bertz CT molecular complexity index is 569. The van der Waals surface area contributed by atoms with E-state index in [0.717, 1.165) is 29.9 Å². The molecule has 21 heavy (non-hydrogen) atoms. The van der Waals surface area contributed by atoms with Gasteiger partial charge in [0, 0.05) is 18.7 Å². The van der Waals surface area contributed by atoms with Crippen LogP contribution in [0.15, 0.2) is 30.3 Å². The van der Waals surface area contributed by atoms with Crippen LogP contribution in [-0.2, 0) is 19.4 Å². The third-order valence-corrected chi connectivity index (χ3v) is 3.70. The molecule has 1 aromatic heterocycles. The molecule has 1 heterocycles. The standard InChI is InChI=1S/C18H26N2O/c1-5-20-17(11-14(4)19-20)12-18(21)16-8-6-15(7-9-16)10-13(2)3/h6-9,11,13,18,21H,5,10,12H2,1-4H3. The summed E-state index contributed by atoms with van der Waals surface area (Å²) in [6.45, 7) is 9.34. The first-order chi connectivity index (χ1) is 9.99. The highest BCUT2D eigenvalue weighted by molar-refractivity contribution is 5.25. The Labute approximate surface area is 127 Å². The van der Waals surface area contributed by atoms with Gasteiger partial charge < -0.3 is 5.11 Å². The largest absolute Gasteiger partial charge is 0.388 e.